The van der Waals surface area contributed by atoms with Crippen LogP contribution in [-0.4, -0.2) is 21.0 Å². The molecule has 3 rings (SSSR count). The molecule has 0 fully saturated rings. The Labute approximate surface area is 111 Å². The molecule has 1 aromatic carbocycles. The van der Waals surface area contributed by atoms with Crippen LogP contribution in [0.5, 0.6) is 0 Å². The zero-order chi connectivity index (χ0) is 13.4. The molecule has 0 atom stereocenters. The zero-order valence-electron chi connectivity index (χ0n) is 9.50. The van der Waals surface area contributed by atoms with E-state index in [9.17, 15) is 14.3 Å². The van der Waals surface area contributed by atoms with Crippen LogP contribution in [0.15, 0.2) is 35.2 Å². The molecule has 3 aromatic rings. The van der Waals surface area contributed by atoms with Crippen molar-refractivity contribution in [1.82, 2.24) is 9.97 Å². The molecule has 0 spiro atoms. The number of rotatable bonds is 2. The van der Waals surface area contributed by atoms with Crippen LogP contribution in [0.2, 0.25) is 0 Å². The number of aromatic nitrogens is 2. The highest BCUT2D eigenvalue weighted by atomic mass is 32.1. The molecule has 0 saturated carbocycles. The van der Waals surface area contributed by atoms with Crippen molar-refractivity contribution in [1.29, 1.82) is 0 Å². The number of carboxylic acid groups (broad SMARTS) is 1. The number of aromatic carboxylic acids is 1. The number of hydrogen-bond donors (Lipinski definition) is 1. The predicted molar refractivity (Wildman–Crippen MR) is 69.8 cm³/mol. The predicted octanol–water partition coefficient (Wildman–Crippen LogP) is 3.20. The van der Waals surface area contributed by atoms with Crippen LogP contribution in [0, 0.1) is 5.82 Å². The first-order valence-electron chi connectivity index (χ1n) is 5.37. The number of carboxylic acids is 1. The van der Waals surface area contributed by atoms with E-state index in [1.807, 2.05) is 0 Å². The summed E-state index contributed by atoms with van der Waals surface area (Å²) in [6, 6.07) is 5.32. The number of hydrogen-bond acceptors (Lipinski definition) is 4. The molecule has 0 aliphatic rings. The summed E-state index contributed by atoms with van der Waals surface area (Å²) in [6.07, 6.45) is 0. The third-order valence-corrected chi connectivity index (χ3v) is 3.28. The van der Waals surface area contributed by atoms with Crippen molar-refractivity contribution >= 4 is 28.2 Å². The maximum Gasteiger partial charge on any atom is 0.336 e. The summed E-state index contributed by atoms with van der Waals surface area (Å²) >= 11 is 1.38. The SMILES string of the molecule is O=C(O)c1cc(-c2cscn2)nc2cc(F)ccc12. The fourth-order valence-corrected chi connectivity index (χ4v) is 2.39. The minimum Gasteiger partial charge on any atom is -0.478 e. The number of pyridine rings is 1. The van der Waals surface area contributed by atoms with Crippen LogP contribution in [0.1, 0.15) is 10.4 Å². The molecule has 2 heterocycles. The number of nitrogens with zero attached hydrogens (tertiary/aromatic N) is 2. The number of fused-ring (bicyclic) bond motifs is 1. The van der Waals surface area contributed by atoms with Gasteiger partial charge in [0.25, 0.3) is 0 Å². The highest BCUT2D eigenvalue weighted by Crippen LogP contribution is 2.25. The lowest BCUT2D eigenvalue weighted by Gasteiger charge is -2.05. The molecule has 0 aliphatic heterocycles. The van der Waals surface area contributed by atoms with Gasteiger partial charge >= 0.3 is 5.97 Å². The maximum absolute atomic E-state index is 13.2. The van der Waals surface area contributed by atoms with Crippen molar-refractivity contribution in [3.8, 4) is 11.4 Å². The average Bonchev–Trinajstić information content (AvgIpc) is 2.90. The number of benzene rings is 1. The molecule has 0 amide bonds. The van der Waals surface area contributed by atoms with Crippen molar-refractivity contribution in [2.45, 2.75) is 0 Å². The van der Waals surface area contributed by atoms with Gasteiger partial charge in [0.1, 0.15) is 5.82 Å². The second-order valence-electron chi connectivity index (χ2n) is 3.90. The smallest absolute Gasteiger partial charge is 0.336 e. The molecule has 4 nitrogen and oxygen atoms in total. The fourth-order valence-electron chi connectivity index (χ4n) is 1.85. The molecule has 0 bridgehead atoms. The number of thiazole rings is 1. The van der Waals surface area contributed by atoms with Gasteiger partial charge in [-0.2, -0.15) is 0 Å². The van der Waals surface area contributed by atoms with E-state index in [1.54, 1.807) is 10.9 Å². The summed E-state index contributed by atoms with van der Waals surface area (Å²) in [5.41, 5.74) is 3.04. The van der Waals surface area contributed by atoms with Crippen molar-refractivity contribution in [2.24, 2.45) is 0 Å². The summed E-state index contributed by atoms with van der Waals surface area (Å²) in [5, 5.41) is 11.4. The minimum absolute atomic E-state index is 0.0907. The Bertz CT molecular complexity index is 772. The molecule has 2 aromatic heterocycles. The van der Waals surface area contributed by atoms with Crippen LogP contribution in [0.25, 0.3) is 22.3 Å². The van der Waals surface area contributed by atoms with E-state index in [4.69, 9.17) is 0 Å². The third-order valence-electron chi connectivity index (χ3n) is 2.70. The van der Waals surface area contributed by atoms with Crippen LogP contribution in [0.3, 0.4) is 0 Å². The number of halogens is 1. The first kappa shape index (κ1) is 11.7. The van der Waals surface area contributed by atoms with Gasteiger partial charge in [0.2, 0.25) is 0 Å². The first-order chi connectivity index (χ1) is 9.15. The van der Waals surface area contributed by atoms with E-state index >= 15 is 0 Å². The van der Waals surface area contributed by atoms with Crippen molar-refractivity contribution in [3.05, 3.63) is 46.5 Å². The van der Waals surface area contributed by atoms with E-state index in [-0.39, 0.29) is 5.56 Å². The standard InChI is InChI=1S/C13H7FN2O2S/c14-7-1-2-8-9(13(17)18)4-11(16-10(8)3-7)12-5-19-6-15-12/h1-6H,(H,17,18). The van der Waals surface area contributed by atoms with Gasteiger partial charge in [-0.1, -0.05) is 0 Å². The van der Waals surface area contributed by atoms with Crippen LogP contribution in [0.4, 0.5) is 4.39 Å². The zero-order valence-corrected chi connectivity index (χ0v) is 10.3. The summed E-state index contributed by atoms with van der Waals surface area (Å²) < 4.78 is 13.2. The highest BCUT2D eigenvalue weighted by molar-refractivity contribution is 7.07. The van der Waals surface area contributed by atoms with Crippen LogP contribution < -0.4 is 0 Å². The summed E-state index contributed by atoms with van der Waals surface area (Å²) in [7, 11) is 0. The molecule has 0 unspecified atom stereocenters. The molecule has 19 heavy (non-hydrogen) atoms. The Morgan fingerprint density at radius 1 is 1.26 bits per heavy atom. The first-order valence-corrected chi connectivity index (χ1v) is 6.31. The van der Waals surface area contributed by atoms with Gasteiger partial charge < -0.3 is 5.11 Å². The van der Waals surface area contributed by atoms with E-state index in [2.05, 4.69) is 9.97 Å². The maximum atomic E-state index is 13.2. The third kappa shape index (κ3) is 2.06. The minimum atomic E-state index is -1.07. The molecule has 0 saturated heterocycles. The van der Waals surface area contributed by atoms with E-state index in [0.29, 0.717) is 22.3 Å². The molecular formula is C13H7FN2O2S. The fraction of sp³-hybridized carbons (Fsp3) is 0. The largest absolute Gasteiger partial charge is 0.478 e. The Morgan fingerprint density at radius 3 is 2.79 bits per heavy atom. The van der Waals surface area contributed by atoms with E-state index < -0.39 is 11.8 Å². The van der Waals surface area contributed by atoms with Crippen LogP contribution in [-0.2, 0) is 0 Å². The van der Waals surface area contributed by atoms with Gasteiger partial charge in [-0.25, -0.2) is 19.2 Å². The Morgan fingerprint density at radius 2 is 2.11 bits per heavy atom. The van der Waals surface area contributed by atoms with Crippen molar-refractivity contribution in [3.63, 3.8) is 0 Å². The summed E-state index contributed by atoms with van der Waals surface area (Å²) in [4.78, 5) is 19.6. The molecule has 6 heteroatoms. The second-order valence-corrected chi connectivity index (χ2v) is 4.61. The quantitative estimate of drug-likeness (QED) is 0.779. The Balaban J connectivity index is 2.34. The van der Waals surface area contributed by atoms with Crippen molar-refractivity contribution in [2.75, 3.05) is 0 Å². The normalized spacial score (nSPS) is 10.8. The molecule has 1 N–H and O–H groups in total. The lowest BCUT2D eigenvalue weighted by atomic mass is 10.1. The Kier molecular flexibility index (Phi) is 2.72. The number of carbonyl (C=O) groups is 1. The summed E-state index contributed by atoms with van der Waals surface area (Å²) in [6.45, 7) is 0. The van der Waals surface area contributed by atoms with E-state index in [0.717, 1.165) is 0 Å². The average molecular weight is 274 g/mol. The van der Waals surface area contributed by atoms with Crippen molar-refractivity contribution < 1.29 is 14.3 Å². The molecule has 94 valence electrons. The van der Waals surface area contributed by atoms with E-state index in [1.165, 1.54) is 35.6 Å². The highest BCUT2D eigenvalue weighted by Gasteiger charge is 2.14. The topological polar surface area (TPSA) is 63.1 Å². The van der Waals surface area contributed by atoms with Crippen LogP contribution >= 0.6 is 11.3 Å². The van der Waals surface area contributed by atoms with Gasteiger partial charge in [-0.05, 0) is 18.2 Å². The molecular weight excluding hydrogens is 267 g/mol. The Hall–Kier alpha value is -2.34. The van der Waals surface area contributed by atoms with Gasteiger partial charge in [0, 0.05) is 16.8 Å². The lowest BCUT2D eigenvalue weighted by Crippen LogP contribution is -2.00. The van der Waals surface area contributed by atoms with Gasteiger partial charge in [-0.15, -0.1) is 11.3 Å². The lowest BCUT2D eigenvalue weighted by molar-refractivity contribution is 0.0699. The second kappa shape index (κ2) is 4.40. The monoisotopic (exact) mass is 274 g/mol. The summed E-state index contributed by atoms with van der Waals surface area (Å²) in [5.74, 6) is -1.53. The molecule has 0 radical (unpaired) electrons. The molecule has 0 aliphatic carbocycles. The van der Waals surface area contributed by atoms with Gasteiger partial charge in [0.05, 0.1) is 28.0 Å². The van der Waals surface area contributed by atoms with Gasteiger partial charge in [0.15, 0.2) is 0 Å². The van der Waals surface area contributed by atoms with Gasteiger partial charge in [-0.3, -0.25) is 0 Å².